The molecule has 0 aromatic heterocycles. The monoisotopic (exact) mass is 519 g/mol. The van der Waals surface area contributed by atoms with Crippen molar-refractivity contribution in [1.82, 2.24) is 10.2 Å². The minimum Gasteiger partial charge on any atom is -0.495 e. The molecule has 0 saturated carbocycles. The van der Waals surface area contributed by atoms with Gasteiger partial charge in [0.2, 0.25) is 5.91 Å². The highest BCUT2D eigenvalue weighted by Crippen LogP contribution is 2.31. The second-order valence-corrected chi connectivity index (χ2v) is 8.15. The van der Waals surface area contributed by atoms with Crippen molar-refractivity contribution in [1.29, 1.82) is 0 Å². The van der Waals surface area contributed by atoms with Gasteiger partial charge < -0.3 is 24.8 Å². The van der Waals surface area contributed by atoms with Crippen LogP contribution >= 0.6 is 0 Å². The molecule has 1 fully saturated rings. The number of nitrogens with one attached hydrogen (secondary N) is 2. The minimum absolute atomic E-state index is 0.00238. The number of rotatable bonds is 10. The van der Waals surface area contributed by atoms with E-state index >= 15 is 0 Å². The first kappa shape index (κ1) is 26.2. The molecule has 196 valence electrons. The lowest BCUT2D eigenvalue weighted by Crippen LogP contribution is -2.38. The average Bonchev–Trinajstić information content (AvgIpc) is 3.16. The van der Waals surface area contributed by atoms with Crippen LogP contribution in [0, 0.1) is 5.82 Å². The first-order valence-electron chi connectivity index (χ1n) is 11.8. The van der Waals surface area contributed by atoms with E-state index in [0.29, 0.717) is 40.7 Å². The number of urea groups is 1. The number of imide groups is 1. The van der Waals surface area contributed by atoms with Crippen molar-refractivity contribution in [2.45, 2.75) is 13.5 Å². The van der Waals surface area contributed by atoms with Gasteiger partial charge in [-0.15, -0.1) is 0 Å². The maximum atomic E-state index is 13.9. The number of para-hydroxylation sites is 2. The Hall–Kier alpha value is -4.86. The van der Waals surface area contributed by atoms with Gasteiger partial charge in [-0.3, -0.25) is 9.59 Å². The normalized spacial score (nSPS) is 13.9. The summed E-state index contributed by atoms with van der Waals surface area (Å²) in [5.74, 6) is -0.345. The van der Waals surface area contributed by atoms with Gasteiger partial charge in [0, 0.05) is 5.56 Å². The molecule has 4 amide bonds. The first-order chi connectivity index (χ1) is 18.4. The highest BCUT2D eigenvalue weighted by molar-refractivity contribution is 6.16. The van der Waals surface area contributed by atoms with E-state index in [1.54, 1.807) is 67.6 Å². The van der Waals surface area contributed by atoms with E-state index in [0.717, 1.165) is 4.90 Å². The van der Waals surface area contributed by atoms with Crippen molar-refractivity contribution in [2.75, 3.05) is 25.6 Å². The van der Waals surface area contributed by atoms with E-state index < -0.39 is 24.4 Å². The zero-order valence-corrected chi connectivity index (χ0v) is 20.8. The van der Waals surface area contributed by atoms with Crippen molar-refractivity contribution in [3.63, 3.8) is 0 Å². The quantitative estimate of drug-likeness (QED) is 0.305. The fraction of sp³-hybridized carbons (Fsp3) is 0.179. The highest BCUT2D eigenvalue weighted by Gasteiger charge is 2.35. The third-order valence-electron chi connectivity index (χ3n) is 5.56. The predicted molar refractivity (Wildman–Crippen MR) is 138 cm³/mol. The number of hydrogen-bond acceptors (Lipinski definition) is 6. The van der Waals surface area contributed by atoms with Crippen LogP contribution in [-0.2, 0) is 16.2 Å². The van der Waals surface area contributed by atoms with E-state index in [9.17, 15) is 18.8 Å². The second-order valence-electron chi connectivity index (χ2n) is 8.15. The summed E-state index contributed by atoms with van der Waals surface area (Å²) in [5.41, 5.74) is 1.37. The number of amides is 4. The fourth-order valence-electron chi connectivity index (χ4n) is 3.74. The van der Waals surface area contributed by atoms with Gasteiger partial charge in [-0.05, 0) is 48.9 Å². The molecular formula is C28H26FN3O6. The SMILES string of the molecule is CCOc1cc(/C=C2/NC(=O)N(CC(=O)Nc3ccccc3OC)C2=O)ccc1OCc1ccccc1F. The van der Waals surface area contributed by atoms with Crippen LogP contribution in [0.5, 0.6) is 17.2 Å². The molecular weight excluding hydrogens is 493 g/mol. The Morgan fingerprint density at radius 3 is 2.53 bits per heavy atom. The van der Waals surface area contributed by atoms with Crippen LogP contribution < -0.4 is 24.8 Å². The Morgan fingerprint density at radius 2 is 1.76 bits per heavy atom. The summed E-state index contributed by atoms with van der Waals surface area (Å²) in [4.78, 5) is 38.6. The van der Waals surface area contributed by atoms with E-state index in [2.05, 4.69) is 10.6 Å². The Morgan fingerprint density at radius 1 is 1.00 bits per heavy atom. The van der Waals surface area contributed by atoms with Crippen molar-refractivity contribution in [2.24, 2.45) is 0 Å². The molecule has 38 heavy (non-hydrogen) atoms. The number of hydrogen-bond donors (Lipinski definition) is 2. The van der Waals surface area contributed by atoms with Crippen LogP contribution in [0.25, 0.3) is 6.08 Å². The molecule has 0 radical (unpaired) electrons. The number of anilines is 1. The molecule has 3 aromatic carbocycles. The molecule has 0 spiro atoms. The lowest BCUT2D eigenvalue weighted by Gasteiger charge is -2.14. The minimum atomic E-state index is -0.716. The van der Waals surface area contributed by atoms with Crippen LogP contribution in [0.15, 0.2) is 72.4 Å². The predicted octanol–water partition coefficient (Wildman–Crippen LogP) is 4.34. The number of carbonyl (C=O) groups excluding carboxylic acids is 3. The Balaban J connectivity index is 1.46. The standard InChI is InChI=1S/C28H26FN3O6/c1-3-37-25-15-18(12-13-24(25)38-17-19-8-4-5-9-20(19)29)14-22-27(34)32(28(35)31-22)16-26(33)30-21-10-6-7-11-23(21)36-2/h4-15H,3,16-17H2,1-2H3,(H,30,33)(H,31,35)/b22-14+. The number of halogens is 1. The van der Waals surface area contributed by atoms with Crippen LogP contribution in [0.2, 0.25) is 0 Å². The molecule has 3 aromatic rings. The molecule has 9 nitrogen and oxygen atoms in total. The molecule has 4 rings (SSSR count). The van der Waals surface area contributed by atoms with E-state index in [-0.39, 0.29) is 18.1 Å². The summed E-state index contributed by atoms with van der Waals surface area (Å²) in [5, 5.41) is 5.13. The third kappa shape index (κ3) is 6.09. The number of ether oxygens (including phenoxy) is 3. The van der Waals surface area contributed by atoms with Gasteiger partial charge in [0.05, 0.1) is 19.4 Å². The van der Waals surface area contributed by atoms with E-state index in [4.69, 9.17) is 14.2 Å². The van der Waals surface area contributed by atoms with Crippen molar-refractivity contribution in [3.05, 3.63) is 89.4 Å². The maximum absolute atomic E-state index is 13.9. The summed E-state index contributed by atoms with van der Waals surface area (Å²) in [6.45, 7) is 1.68. The highest BCUT2D eigenvalue weighted by atomic mass is 19.1. The molecule has 1 aliphatic heterocycles. The van der Waals surface area contributed by atoms with Crippen LogP contribution in [0.3, 0.4) is 0 Å². The van der Waals surface area contributed by atoms with Crippen LogP contribution in [-0.4, -0.2) is 43.0 Å². The van der Waals surface area contributed by atoms with Gasteiger partial charge in [-0.1, -0.05) is 36.4 Å². The zero-order valence-electron chi connectivity index (χ0n) is 20.8. The molecule has 0 atom stereocenters. The Kier molecular flexibility index (Phi) is 8.22. The molecule has 1 aliphatic rings. The summed E-state index contributed by atoms with van der Waals surface area (Å²) in [6.07, 6.45) is 1.47. The van der Waals surface area contributed by atoms with Gasteiger partial charge in [0.1, 0.15) is 30.4 Å². The van der Waals surface area contributed by atoms with Gasteiger partial charge >= 0.3 is 6.03 Å². The van der Waals surface area contributed by atoms with Crippen molar-refractivity contribution >= 4 is 29.6 Å². The number of methoxy groups -OCH3 is 1. The molecule has 1 saturated heterocycles. The zero-order chi connectivity index (χ0) is 27.1. The lowest BCUT2D eigenvalue weighted by atomic mass is 10.1. The van der Waals surface area contributed by atoms with Crippen LogP contribution in [0.1, 0.15) is 18.1 Å². The summed E-state index contributed by atoms with van der Waals surface area (Å²) >= 11 is 0. The van der Waals surface area contributed by atoms with E-state index in [1.807, 2.05) is 0 Å². The Bertz CT molecular complexity index is 1390. The summed E-state index contributed by atoms with van der Waals surface area (Å²) in [7, 11) is 1.47. The second kappa shape index (κ2) is 11.9. The smallest absolute Gasteiger partial charge is 0.329 e. The topological polar surface area (TPSA) is 106 Å². The van der Waals surface area contributed by atoms with Gasteiger partial charge in [0.25, 0.3) is 5.91 Å². The first-order valence-corrected chi connectivity index (χ1v) is 11.8. The number of carbonyl (C=O) groups is 3. The van der Waals surface area contributed by atoms with Crippen molar-refractivity contribution < 1.29 is 33.0 Å². The number of nitrogens with zero attached hydrogens (tertiary/aromatic N) is 1. The third-order valence-corrected chi connectivity index (χ3v) is 5.56. The lowest BCUT2D eigenvalue weighted by molar-refractivity contribution is -0.127. The van der Waals surface area contributed by atoms with Gasteiger partial charge in [0.15, 0.2) is 11.5 Å². The molecule has 2 N–H and O–H groups in total. The molecule has 0 unspecified atom stereocenters. The molecule has 1 heterocycles. The largest absolute Gasteiger partial charge is 0.495 e. The molecule has 0 aliphatic carbocycles. The van der Waals surface area contributed by atoms with E-state index in [1.165, 1.54) is 19.3 Å². The average molecular weight is 520 g/mol. The number of benzene rings is 3. The summed E-state index contributed by atoms with van der Waals surface area (Å²) in [6, 6.07) is 17.3. The fourth-order valence-corrected chi connectivity index (χ4v) is 3.74. The van der Waals surface area contributed by atoms with Crippen molar-refractivity contribution in [3.8, 4) is 17.2 Å². The van der Waals surface area contributed by atoms with Gasteiger partial charge in [-0.25, -0.2) is 14.1 Å². The Labute approximate surface area is 218 Å². The maximum Gasteiger partial charge on any atom is 0.329 e. The van der Waals surface area contributed by atoms with Gasteiger partial charge in [-0.2, -0.15) is 0 Å². The molecule has 0 bridgehead atoms. The van der Waals surface area contributed by atoms with Crippen LogP contribution in [0.4, 0.5) is 14.9 Å². The molecule has 10 heteroatoms. The summed E-state index contributed by atoms with van der Waals surface area (Å²) < 4.78 is 30.6.